The number of hydrogen-bond donors (Lipinski definition) is 7. The predicted octanol–water partition coefficient (Wildman–Crippen LogP) is -0.122. The van der Waals surface area contributed by atoms with Gasteiger partial charge in [0, 0.05) is 12.1 Å². The lowest BCUT2D eigenvalue weighted by atomic mass is 9.99. The first-order chi connectivity index (χ1) is 14.7. The zero-order valence-corrected chi connectivity index (χ0v) is 16.1. The van der Waals surface area contributed by atoms with Crippen molar-refractivity contribution in [3.8, 4) is 23.0 Å². The van der Waals surface area contributed by atoms with E-state index in [2.05, 4.69) is 0 Å². The Bertz CT molecular complexity index is 930. The Morgan fingerprint density at radius 1 is 0.968 bits per heavy atom. The summed E-state index contributed by atoms with van der Waals surface area (Å²) in [7, 11) is 0. The second-order valence-electron chi connectivity index (χ2n) is 6.94. The molecule has 0 aromatic heterocycles. The Morgan fingerprint density at radius 2 is 1.58 bits per heavy atom. The minimum absolute atomic E-state index is 0.0637. The summed E-state index contributed by atoms with van der Waals surface area (Å²) in [5.41, 5.74) is 0.212. The van der Waals surface area contributed by atoms with Gasteiger partial charge < -0.3 is 45.2 Å². The van der Waals surface area contributed by atoms with Gasteiger partial charge in [-0.25, -0.2) is 0 Å². The first-order valence-electron chi connectivity index (χ1n) is 9.26. The number of phenolic OH excluding ortho intramolecular Hbond substituents is 3. The highest BCUT2D eigenvalue weighted by Crippen LogP contribution is 2.35. The number of phenols is 3. The quantitative estimate of drug-likeness (QED) is 0.239. The van der Waals surface area contributed by atoms with Gasteiger partial charge in [0.1, 0.15) is 53.0 Å². The number of rotatable bonds is 6. The smallest absolute Gasteiger partial charge is 0.229 e. The molecule has 0 amide bonds. The van der Waals surface area contributed by atoms with Gasteiger partial charge >= 0.3 is 0 Å². The third-order valence-electron chi connectivity index (χ3n) is 4.74. The van der Waals surface area contributed by atoms with E-state index in [0.29, 0.717) is 5.56 Å². The zero-order valence-electron chi connectivity index (χ0n) is 16.1. The first-order valence-corrected chi connectivity index (χ1v) is 9.26. The lowest BCUT2D eigenvalue weighted by Gasteiger charge is -2.39. The number of ether oxygens (including phenoxy) is 2. The van der Waals surface area contributed by atoms with E-state index in [9.17, 15) is 40.5 Å². The molecule has 1 fully saturated rings. The minimum atomic E-state index is -1.68. The van der Waals surface area contributed by atoms with Crippen LogP contribution in [0.5, 0.6) is 23.0 Å². The average molecular weight is 434 g/mol. The van der Waals surface area contributed by atoms with Crippen LogP contribution < -0.4 is 4.74 Å². The second-order valence-corrected chi connectivity index (χ2v) is 6.94. The normalized spacial score (nSPS) is 26.1. The fourth-order valence-electron chi connectivity index (χ4n) is 3.05. The fourth-order valence-corrected chi connectivity index (χ4v) is 3.05. The predicted molar refractivity (Wildman–Crippen MR) is 106 cm³/mol. The zero-order chi connectivity index (χ0) is 22.7. The molecule has 0 unspecified atom stereocenters. The number of carbonyl (C=O) groups is 1. The van der Waals surface area contributed by atoms with Crippen LogP contribution in [-0.4, -0.2) is 78.8 Å². The van der Waals surface area contributed by atoms with Gasteiger partial charge in [-0.05, 0) is 23.8 Å². The highest BCUT2D eigenvalue weighted by atomic mass is 16.7. The molecule has 31 heavy (non-hydrogen) atoms. The standard InChI is InChI=1S/C21H22O10/c22-9-16-18(27)19(28)20(29)21(31-16)30-12-7-14(25)17(15(26)8-12)13(24)6-3-10-1-4-11(23)5-2-10/h1-8,16,18-23,25-29H,9H2/t16-,18-,19+,20-,21-/m1/s1. The number of hydrogen-bond acceptors (Lipinski definition) is 10. The number of ketones is 1. The summed E-state index contributed by atoms with van der Waals surface area (Å²) in [6.45, 7) is -0.651. The molecule has 10 heteroatoms. The number of allylic oxidation sites excluding steroid dienone is 1. The van der Waals surface area contributed by atoms with Gasteiger partial charge in [-0.15, -0.1) is 0 Å². The summed E-state index contributed by atoms with van der Waals surface area (Å²) < 4.78 is 10.5. The largest absolute Gasteiger partial charge is 0.508 e. The van der Waals surface area contributed by atoms with E-state index in [-0.39, 0.29) is 11.5 Å². The van der Waals surface area contributed by atoms with Crippen molar-refractivity contribution in [2.45, 2.75) is 30.7 Å². The van der Waals surface area contributed by atoms with Crippen molar-refractivity contribution in [3.05, 3.63) is 53.6 Å². The van der Waals surface area contributed by atoms with Crippen molar-refractivity contribution in [2.24, 2.45) is 0 Å². The Labute approximate surface area is 176 Å². The van der Waals surface area contributed by atoms with Crippen molar-refractivity contribution in [2.75, 3.05) is 6.61 Å². The molecule has 0 aliphatic carbocycles. The highest BCUT2D eigenvalue weighted by Gasteiger charge is 2.44. The molecule has 1 aliphatic heterocycles. The van der Waals surface area contributed by atoms with Crippen LogP contribution >= 0.6 is 0 Å². The maximum absolute atomic E-state index is 12.4. The maximum Gasteiger partial charge on any atom is 0.229 e. The monoisotopic (exact) mass is 434 g/mol. The molecule has 2 aromatic carbocycles. The van der Waals surface area contributed by atoms with Gasteiger partial charge in [0.05, 0.1) is 6.61 Å². The third kappa shape index (κ3) is 4.95. The summed E-state index contributed by atoms with van der Waals surface area (Å²) in [6.07, 6.45) is -5.08. The summed E-state index contributed by atoms with van der Waals surface area (Å²) in [6, 6.07) is 8.01. The van der Waals surface area contributed by atoms with E-state index in [0.717, 1.165) is 18.2 Å². The summed E-state index contributed by atoms with van der Waals surface area (Å²) in [5, 5.41) is 68.5. The topological polar surface area (TPSA) is 177 Å². The number of aromatic hydroxyl groups is 3. The van der Waals surface area contributed by atoms with E-state index < -0.39 is 60.2 Å². The van der Waals surface area contributed by atoms with Gasteiger partial charge in [0.15, 0.2) is 5.78 Å². The van der Waals surface area contributed by atoms with Gasteiger partial charge in [0.25, 0.3) is 0 Å². The molecule has 1 aliphatic rings. The van der Waals surface area contributed by atoms with Crippen molar-refractivity contribution >= 4 is 11.9 Å². The van der Waals surface area contributed by atoms with Crippen LogP contribution in [0.25, 0.3) is 6.08 Å². The van der Waals surface area contributed by atoms with Crippen LogP contribution in [0.2, 0.25) is 0 Å². The molecule has 2 aromatic rings. The second kappa shape index (κ2) is 9.33. The molecule has 0 saturated carbocycles. The number of aliphatic hydroxyl groups is 4. The molecule has 10 nitrogen and oxygen atoms in total. The van der Waals surface area contributed by atoms with Gasteiger partial charge in [-0.2, -0.15) is 0 Å². The van der Waals surface area contributed by atoms with Gasteiger partial charge in [0.2, 0.25) is 6.29 Å². The highest BCUT2D eigenvalue weighted by molar-refractivity contribution is 6.10. The van der Waals surface area contributed by atoms with E-state index in [1.165, 1.54) is 18.2 Å². The minimum Gasteiger partial charge on any atom is -0.508 e. The van der Waals surface area contributed by atoms with Gasteiger partial charge in [-0.3, -0.25) is 4.79 Å². The molecule has 5 atom stereocenters. The van der Waals surface area contributed by atoms with Crippen molar-refractivity contribution in [1.82, 2.24) is 0 Å². The first kappa shape index (κ1) is 22.5. The Kier molecular flexibility index (Phi) is 6.78. The average Bonchev–Trinajstić information content (AvgIpc) is 2.73. The molecular weight excluding hydrogens is 412 g/mol. The van der Waals surface area contributed by atoms with Crippen LogP contribution in [0, 0.1) is 0 Å². The van der Waals surface area contributed by atoms with Crippen LogP contribution in [0.1, 0.15) is 15.9 Å². The van der Waals surface area contributed by atoms with Gasteiger partial charge in [-0.1, -0.05) is 18.2 Å². The lowest BCUT2D eigenvalue weighted by Crippen LogP contribution is -2.60. The Balaban J connectivity index is 1.77. The lowest BCUT2D eigenvalue weighted by molar-refractivity contribution is -0.277. The van der Waals surface area contributed by atoms with E-state index in [4.69, 9.17) is 9.47 Å². The molecule has 1 heterocycles. The van der Waals surface area contributed by atoms with Crippen molar-refractivity contribution in [3.63, 3.8) is 0 Å². The molecular formula is C21H22O10. The molecule has 0 radical (unpaired) electrons. The summed E-state index contributed by atoms with van der Waals surface area (Å²) in [4.78, 5) is 12.4. The SMILES string of the molecule is O=C(C=Cc1ccc(O)cc1)c1c(O)cc(O[C@@H]2O[C@H](CO)[C@@H](O)[C@H](O)[C@H]2O)cc1O. The fraction of sp³-hybridized carbons (Fsp3) is 0.286. The Morgan fingerprint density at radius 3 is 2.16 bits per heavy atom. The van der Waals surface area contributed by atoms with Crippen molar-refractivity contribution < 1.29 is 50.0 Å². The molecule has 1 saturated heterocycles. The van der Waals surface area contributed by atoms with Crippen LogP contribution in [-0.2, 0) is 4.74 Å². The molecule has 166 valence electrons. The van der Waals surface area contributed by atoms with Crippen LogP contribution in [0.3, 0.4) is 0 Å². The number of benzene rings is 2. The molecule has 0 spiro atoms. The van der Waals surface area contributed by atoms with Crippen LogP contribution in [0.4, 0.5) is 0 Å². The summed E-state index contributed by atoms with van der Waals surface area (Å²) in [5.74, 6) is -2.06. The molecule has 0 bridgehead atoms. The van der Waals surface area contributed by atoms with E-state index in [1.54, 1.807) is 12.1 Å². The number of carbonyl (C=O) groups excluding carboxylic acids is 1. The molecule has 3 rings (SSSR count). The number of aliphatic hydroxyl groups excluding tert-OH is 4. The third-order valence-corrected chi connectivity index (χ3v) is 4.74. The summed E-state index contributed by atoms with van der Waals surface area (Å²) >= 11 is 0. The Hall–Kier alpha value is -3.15. The molecule has 7 N–H and O–H groups in total. The maximum atomic E-state index is 12.4. The van der Waals surface area contributed by atoms with E-state index in [1.807, 2.05) is 0 Å². The van der Waals surface area contributed by atoms with Crippen molar-refractivity contribution in [1.29, 1.82) is 0 Å². The van der Waals surface area contributed by atoms with Crippen LogP contribution in [0.15, 0.2) is 42.5 Å². The van der Waals surface area contributed by atoms with E-state index >= 15 is 0 Å².